The Hall–Kier alpha value is -2.93. The molecule has 0 aliphatic rings. The zero-order chi connectivity index (χ0) is 16.5. The Morgan fingerprint density at radius 2 is 2.00 bits per heavy atom. The number of aromatic nitrogens is 6. The second-order valence-corrected chi connectivity index (χ2v) is 5.74. The minimum atomic E-state index is 0.475. The molecular formula is C16H14ClN7. The number of halogens is 1. The van der Waals surface area contributed by atoms with Gasteiger partial charge in [0.15, 0.2) is 0 Å². The van der Waals surface area contributed by atoms with E-state index in [4.69, 9.17) is 11.6 Å². The van der Waals surface area contributed by atoms with Crippen molar-refractivity contribution >= 4 is 23.3 Å². The second kappa shape index (κ2) is 5.93. The van der Waals surface area contributed by atoms with Gasteiger partial charge in [0, 0.05) is 24.0 Å². The van der Waals surface area contributed by atoms with Crippen LogP contribution in [0.2, 0.25) is 5.15 Å². The maximum atomic E-state index is 6.14. The summed E-state index contributed by atoms with van der Waals surface area (Å²) in [5, 5.41) is 12.3. The number of benzene rings is 1. The average molecular weight is 340 g/mol. The number of fused-ring (bicyclic) bond motifs is 1. The third-order valence-electron chi connectivity index (χ3n) is 3.50. The van der Waals surface area contributed by atoms with Crippen LogP contribution in [0.5, 0.6) is 0 Å². The number of hydrogen-bond acceptors (Lipinski definition) is 5. The third kappa shape index (κ3) is 2.81. The molecule has 4 rings (SSSR count). The molecule has 120 valence electrons. The maximum absolute atomic E-state index is 6.14. The molecule has 0 fully saturated rings. The Morgan fingerprint density at radius 1 is 1.17 bits per heavy atom. The predicted octanol–water partition coefficient (Wildman–Crippen LogP) is 2.88. The van der Waals surface area contributed by atoms with E-state index in [1.165, 1.54) is 4.52 Å². The molecule has 0 saturated carbocycles. The van der Waals surface area contributed by atoms with Gasteiger partial charge in [-0.3, -0.25) is 0 Å². The molecule has 1 aromatic carbocycles. The van der Waals surface area contributed by atoms with Crippen LogP contribution in [0.25, 0.3) is 11.5 Å². The van der Waals surface area contributed by atoms with Crippen molar-refractivity contribution in [2.45, 2.75) is 13.5 Å². The number of anilines is 1. The highest BCUT2D eigenvalue weighted by atomic mass is 35.5. The molecule has 0 amide bonds. The predicted molar refractivity (Wildman–Crippen MR) is 91.4 cm³/mol. The van der Waals surface area contributed by atoms with E-state index in [-0.39, 0.29) is 0 Å². The Balaban J connectivity index is 1.51. The highest BCUT2D eigenvalue weighted by Gasteiger charge is 2.09. The molecule has 24 heavy (non-hydrogen) atoms. The molecule has 0 radical (unpaired) electrons. The van der Waals surface area contributed by atoms with Gasteiger partial charge >= 0.3 is 0 Å². The molecule has 1 N–H and O–H groups in total. The average Bonchev–Trinajstić information content (AvgIpc) is 3.20. The molecule has 0 spiro atoms. The van der Waals surface area contributed by atoms with Crippen molar-refractivity contribution in [2.24, 2.45) is 0 Å². The fraction of sp³-hybridized carbons (Fsp3) is 0.125. The number of nitrogens with zero attached hydrogens (tertiary/aromatic N) is 6. The van der Waals surface area contributed by atoms with Crippen molar-refractivity contribution in [1.29, 1.82) is 0 Å². The minimum absolute atomic E-state index is 0.475. The highest BCUT2D eigenvalue weighted by molar-refractivity contribution is 6.29. The number of para-hydroxylation sites is 1. The van der Waals surface area contributed by atoms with Gasteiger partial charge in [-0.25, -0.2) is 9.67 Å². The lowest BCUT2D eigenvalue weighted by Gasteiger charge is -2.00. The molecule has 3 aromatic heterocycles. The number of hydrogen-bond donors (Lipinski definition) is 1. The molecule has 7 nitrogen and oxygen atoms in total. The number of aryl methyl sites for hydroxylation is 1. The van der Waals surface area contributed by atoms with Crippen LogP contribution in [0.15, 0.2) is 48.8 Å². The third-order valence-corrected chi connectivity index (χ3v) is 3.77. The van der Waals surface area contributed by atoms with Crippen LogP contribution < -0.4 is 5.32 Å². The Bertz CT molecular complexity index is 990. The monoisotopic (exact) mass is 339 g/mol. The van der Waals surface area contributed by atoms with Crippen LogP contribution in [0, 0.1) is 6.92 Å². The zero-order valence-electron chi connectivity index (χ0n) is 12.9. The van der Waals surface area contributed by atoms with E-state index in [9.17, 15) is 0 Å². The summed E-state index contributed by atoms with van der Waals surface area (Å²) in [5.74, 6) is 0.949. The number of rotatable bonds is 4. The van der Waals surface area contributed by atoms with Gasteiger partial charge in [-0.05, 0) is 25.1 Å². The summed E-state index contributed by atoms with van der Waals surface area (Å²) in [7, 11) is 0. The van der Waals surface area contributed by atoms with Gasteiger partial charge in [-0.2, -0.15) is 14.6 Å². The van der Waals surface area contributed by atoms with Crippen LogP contribution in [0.3, 0.4) is 0 Å². The lowest BCUT2D eigenvalue weighted by molar-refractivity contribution is 0.880. The van der Waals surface area contributed by atoms with E-state index >= 15 is 0 Å². The van der Waals surface area contributed by atoms with Gasteiger partial charge < -0.3 is 5.32 Å². The van der Waals surface area contributed by atoms with Crippen LogP contribution >= 0.6 is 11.6 Å². The smallest absolute Gasteiger partial charge is 0.255 e. The van der Waals surface area contributed by atoms with Crippen LogP contribution in [0.1, 0.15) is 11.3 Å². The Morgan fingerprint density at radius 3 is 2.83 bits per heavy atom. The summed E-state index contributed by atoms with van der Waals surface area (Å²) in [6.45, 7) is 2.42. The van der Waals surface area contributed by atoms with E-state index < -0.39 is 0 Å². The Labute approximate surface area is 142 Å². The van der Waals surface area contributed by atoms with Crippen molar-refractivity contribution < 1.29 is 0 Å². The zero-order valence-corrected chi connectivity index (χ0v) is 13.6. The van der Waals surface area contributed by atoms with Crippen molar-refractivity contribution in [2.75, 3.05) is 5.32 Å². The van der Waals surface area contributed by atoms with E-state index in [0.29, 0.717) is 23.4 Å². The first-order valence-corrected chi connectivity index (χ1v) is 7.79. The van der Waals surface area contributed by atoms with E-state index in [0.717, 1.165) is 16.9 Å². The SMILES string of the molecule is Cc1cc(Cl)n2nc(NCc3cnn(-c4ccccc4)c3)nc2n1. The molecule has 0 aliphatic heterocycles. The lowest BCUT2D eigenvalue weighted by Crippen LogP contribution is -2.00. The summed E-state index contributed by atoms with van der Waals surface area (Å²) >= 11 is 6.14. The van der Waals surface area contributed by atoms with Gasteiger partial charge in [0.1, 0.15) is 5.15 Å². The van der Waals surface area contributed by atoms with Crippen LogP contribution in [0.4, 0.5) is 5.95 Å². The summed E-state index contributed by atoms with van der Waals surface area (Å²) < 4.78 is 3.33. The molecule has 4 aromatic rings. The summed E-state index contributed by atoms with van der Waals surface area (Å²) in [6, 6.07) is 11.7. The molecular weight excluding hydrogens is 326 g/mol. The first-order valence-electron chi connectivity index (χ1n) is 7.42. The van der Waals surface area contributed by atoms with Crippen molar-refractivity contribution in [3.63, 3.8) is 0 Å². The molecule has 0 atom stereocenters. The van der Waals surface area contributed by atoms with Crippen LogP contribution in [-0.4, -0.2) is 29.4 Å². The van der Waals surface area contributed by atoms with Crippen molar-refractivity contribution in [3.05, 3.63) is 65.2 Å². The summed E-state index contributed by atoms with van der Waals surface area (Å²) in [5.41, 5.74) is 2.84. The quantitative estimate of drug-likeness (QED) is 0.579. The fourth-order valence-corrected chi connectivity index (χ4v) is 2.64. The molecule has 0 bridgehead atoms. The van der Waals surface area contributed by atoms with E-state index in [1.807, 2.05) is 54.3 Å². The van der Waals surface area contributed by atoms with Gasteiger partial charge in [0.2, 0.25) is 5.95 Å². The van der Waals surface area contributed by atoms with E-state index in [1.54, 1.807) is 6.07 Å². The summed E-state index contributed by atoms with van der Waals surface area (Å²) in [4.78, 5) is 8.64. The van der Waals surface area contributed by atoms with Crippen molar-refractivity contribution in [1.82, 2.24) is 29.4 Å². The Kier molecular flexibility index (Phi) is 3.62. The molecule has 0 unspecified atom stereocenters. The maximum Gasteiger partial charge on any atom is 0.255 e. The molecule has 0 aliphatic carbocycles. The topological polar surface area (TPSA) is 72.9 Å². The van der Waals surface area contributed by atoms with Gasteiger partial charge in [0.05, 0.1) is 11.9 Å². The second-order valence-electron chi connectivity index (χ2n) is 5.35. The molecule has 8 heteroatoms. The highest BCUT2D eigenvalue weighted by Crippen LogP contribution is 2.14. The summed E-state index contributed by atoms with van der Waals surface area (Å²) in [6.07, 6.45) is 3.78. The van der Waals surface area contributed by atoms with Gasteiger partial charge in [-0.1, -0.05) is 29.8 Å². The number of nitrogens with one attached hydrogen (secondary N) is 1. The van der Waals surface area contributed by atoms with Crippen molar-refractivity contribution in [3.8, 4) is 5.69 Å². The van der Waals surface area contributed by atoms with Gasteiger partial charge in [0.25, 0.3) is 5.78 Å². The first-order chi connectivity index (χ1) is 11.7. The van der Waals surface area contributed by atoms with Crippen LogP contribution in [-0.2, 0) is 6.54 Å². The lowest BCUT2D eigenvalue weighted by atomic mass is 10.3. The fourth-order valence-electron chi connectivity index (χ4n) is 2.37. The largest absolute Gasteiger partial charge is 0.349 e. The standard InChI is InChI=1S/C16H14ClN7/c1-11-7-14(17)24-16(20-11)21-15(22-24)18-8-12-9-19-23(10-12)13-5-3-2-4-6-13/h2-7,9-10H,8H2,1H3,(H,18,22). The first kappa shape index (κ1) is 14.6. The van der Waals surface area contributed by atoms with Gasteiger partial charge in [-0.15, -0.1) is 5.10 Å². The molecule has 3 heterocycles. The molecule has 0 saturated heterocycles. The van der Waals surface area contributed by atoms with E-state index in [2.05, 4.69) is 25.5 Å². The normalized spacial score (nSPS) is 11.1. The minimum Gasteiger partial charge on any atom is -0.349 e.